The van der Waals surface area contributed by atoms with E-state index >= 15 is 0 Å². The molecule has 0 aliphatic carbocycles. The molecule has 1 aromatic heterocycles. The van der Waals surface area contributed by atoms with Crippen molar-refractivity contribution >= 4 is 32.3 Å². The molecule has 2 heterocycles. The number of benzene rings is 3. The van der Waals surface area contributed by atoms with Crippen molar-refractivity contribution in [2.24, 2.45) is 5.73 Å². The second-order valence-corrected chi connectivity index (χ2v) is 10.2. The van der Waals surface area contributed by atoms with E-state index in [0.717, 1.165) is 44.7 Å². The van der Waals surface area contributed by atoms with E-state index in [-0.39, 0.29) is 0 Å². The number of fused-ring (bicyclic) bond motifs is 2. The zero-order valence-electron chi connectivity index (χ0n) is 17.9. The van der Waals surface area contributed by atoms with Crippen molar-refractivity contribution in [3.63, 3.8) is 0 Å². The molecule has 0 saturated carbocycles. The van der Waals surface area contributed by atoms with Crippen LogP contribution in [0, 0.1) is 0 Å². The summed E-state index contributed by atoms with van der Waals surface area (Å²) < 4.78 is 25.5. The number of nitrogens with two attached hydrogens (primary N) is 1. The van der Waals surface area contributed by atoms with Gasteiger partial charge in [-0.3, -0.25) is 0 Å². The lowest BCUT2D eigenvalue weighted by Crippen LogP contribution is -2.35. The molecule has 0 spiro atoms. The molecule has 0 radical (unpaired) electrons. The number of sulfonamides is 1. The molecule has 4 N–H and O–H groups in total. The Morgan fingerprint density at radius 3 is 2.69 bits per heavy atom. The Bertz CT molecular complexity index is 1380. The molecule has 7 heteroatoms. The summed E-state index contributed by atoms with van der Waals surface area (Å²) in [6.07, 6.45) is 1.95. The minimum atomic E-state index is -3.20. The molecule has 0 fully saturated rings. The summed E-state index contributed by atoms with van der Waals surface area (Å²) in [5.41, 5.74) is 14.5. The summed E-state index contributed by atoms with van der Waals surface area (Å²) in [4.78, 5) is 3.50. The summed E-state index contributed by atoms with van der Waals surface area (Å²) in [5.74, 6) is 0. The second kappa shape index (κ2) is 8.09. The van der Waals surface area contributed by atoms with Crippen LogP contribution in [-0.2, 0) is 29.5 Å². The molecule has 0 unspecified atom stereocenters. The van der Waals surface area contributed by atoms with Crippen molar-refractivity contribution in [2.45, 2.75) is 19.5 Å². The molecule has 0 amide bonds. The van der Waals surface area contributed by atoms with E-state index in [2.05, 4.69) is 40.6 Å². The van der Waals surface area contributed by atoms with Gasteiger partial charge in [0.05, 0.1) is 6.26 Å². The predicted molar refractivity (Wildman–Crippen MR) is 130 cm³/mol. The normalized spacial score (nSPS) is 14.4. The van der Waals surface area contributed by atoms with Gasteiger partial charge < -0.3 is 16.0 Å². The Balaban J connectivity index is 1.49. The van der Waals surface area contributed by atoms with Crippen LogP contribution in [0.4, 0.5) is 11.4 Å². The first-order valence-corrected chi connectivity index (χ1v) is 12.5. The standard InChI is InChI=1S/C25H26N4O2S/c1-32(30,31)29-12-11-21-19(16-29)6-4-8-24(21)27-20-10-9-18(15-26)22(14-20)25-13-17-5-2-3-7-23(17)28-25/h2-10,13-14,27-28H,11-12,15-16,26H2,1H3. The third-order valence-corrected chi connectivity index (χ3v) is 7.38. The summed E-state index contributed by atoms with van der Waals surface area (Å²) in [5, 5.41) is 4.72. The monoisotopic (exact) mass is 446 g/mol. The van der Waals surface area contributed by atoms with Crippen LogP contribution < -0.4 is 11.1 Å². The molecule has 0 bridgehead atoms. The number of para-hydroxylation sites is 1. The highest BCUT2D eigenvalue weighted by Gasteiger charge is 2.24. The fraction of sp³-hybridized carbons (Fsp3) is 0.200. The van der Waals surface area contributed by atoms with Crippen LogP contribution in [0.5, 0.6) is 0 Å². The van der Waals surface area contributed by atoms with E-state index in [1.165, 1.54) is 16.1 Å². The van der Waals surface area contributed by atoms with Crippen molar-refractivity contribution < 1.29 is 8.42 Å². The quantitative estimate of drug-likeness (QED) is 0.425. The van der Waals surface area contributed by atoms with Crippen molar-refractivity contribution in [3.05, 3.63) is 83.4 Å². The van der Waals surface area contributed by atoms with Gasteiger partial charge in [0, 0.05) is 53.2 Å². The molecule has 0 saturated heterocycles. The van der Waals surface area contributed by atoms with E-state index in [4.69, 9.17) is 5.73 Å². The van der Waals surface area contributed by atoms with Gasteiger partial charge in [-0.25, -0.2) is 8.42 Å². The lowest BCUT2D eigenvalue weighted by molar-refractivity contribution is 0.395. The minimum Gasteiger partial charge on any atom is -0.355 e. The smallest absolute Gasteiger partial charge is 0.211 e. The molecule has 0 atom stereocenters. The lowest BCUT2D eigenvalue weighted by atomic mass is 9.98. The summed E-state index contributed by atoms with van der Waals surface area (Å²) >= 11 is 0. The molecule has 6 nitrogen and oxygen atoms in total. The Hall–Kier alpha value is -3.13. The number of aromatic amines is 1. The first-order chi connectivity index (χ1) is 15.4. The summed E-state index contributed by atoms with van der Waals surface area (Å²) in [7, 11) is -3.20. The third-order valence-electron chi connectivity index (χ3n) is 6.13. The van der Waals surface area contributed by atoms with Crippen LogP contribution in [0.3, 0.4) is 0 Å². The van der Waals surface area contributed by atoms with Gasteiger partial charge in [-0.1, -0.05) is 36.4 Å². The highest BCUT2D eigenvalue weighted by Crippen LogP contribution is 2.33. The van der Waals surface area contributed by atoms with Crippen molar-refractivity contribution in [1.29, 1.82) is 0 Å². The van der Waals surface area contributed by atoms with E-state index < -0.39 is 10.0 Å². The minimum absolute atomic E-state index is 0.413. The van der Waals surface area contributed by atoms with Gasteiger partial charge in [-0.2, -0.15) is 4.31 Å². The van der Waals surface area contributed by atoms with Crippen LogP contribution in [0.2, 0.25) is 0 Å². The van der Waals surface area contributed by atoms with Gasteiger partial charge in [0.25, 0.3) is 0 Å². The first kappa shape index (κ1) is 20.8. The number of aromatic nitrogens is 1. The Labute approximate surface area is 188 Å². The maximum absolute atomic E-state index is 12.0. The highest BCUT2D eigenvalue weighted by atomic mass is 32.2. The maximum atomic E-state index is 12.0. The molecule has 4 aromatic rings. The lowest BCUT2D eigenvalue weighted by Gasteiger charge is -2.28. The van der Waals surface area contributed by atoms with Crippen molar-refractivity contribution in [1.82, 2.24) is 9.29 Å². The summed E-state index contributed by atoms with van der Waals surface area (Å²) in [6.45, 7) is 1.36. The molecular formula is C25H26N4O2S. The highest BCUT2D eigenvalue weighted by molar-refractivity contribution is 7.88. The van der Waals surface area contributed by atoms with E-state index in [1.54, 1.807) is 0 Å². The van der Waals surface area contributed by atoms with Crippen LogP contribution in [-0.4, -0.2) is 30.5 Å². The van der Waals surface area contributed by atoms with Gasteiger partial charge in [-0.05, 0) is 53.4 Å². The van der Waals surface area contributed by atoms with Crippen LogP contribution in [0.15, 0.2) is 66.7 Å². The number of nitrogens with one attached hydrogen (secondary N) is 2. The number of rotatable bonds is 5. The van der Waals surface area contributed by atoms with E-state index in [0.29, 0.717) is 26.1 Å². The number of anilines is 2. The van der Waals surface area contributed by atoms with Crippen LogP contribution in [0.25, 0.3) is 22.2 Å². The van der Waals surface area contributed by atoms with E-state index in [9.17, 15) is 8.42 Å². The zero-order valence-corrected chi connectivity index (χ0v) is 18.7. The zero-order chi connectivity index (χ0) is 22.3. The molecule has 3 aromatic carbocycles. The molecule has 1 aliphatic rings. The van der Waals surface area contributed by atoms with Crippen molar-refractivity contribution in [2.75, 3.05) is 18.1 Å². The number of hydrogen-bond acceptors (Lipinski definition) is 4. The van der Waals surface area contributed by atoms with Gasteiger partial charge >= 0.3 is 0 Å². The second-order valence-electron chi connectivity index (χ2n) is 8.26. The SMILES string of the molecule is CS(=O)(=O)N1CCc2c(cccc2Nc2ccc(CN)c(-c3cc4ccccc4[nH]3)c2)C1. The summed E-state index contributed by atoms with van der Waals surface area (Å²) in [6, 6.07) is 22.6. The predicted octanol–water partition coefficient (Wildman–Crippen LogP) is 4.35. The number of nitrogens with zero attached hydrogens (tertiary/aromatic N) is 1. The Morgan fingerprint density at radius 1 is 1.06 bits per heavy atom. The number of H-pyrrole nitrogens is 1. The topological polar surface area (TPSA) is 91.2 Å². The molecule has 5 rings (SSSR count). The fourth-order valence-electron chi connectivity index (χ4n) is 4.44. The first-order valence-electron chi connectivity index (χ1n) is 10.7. The van der Waals surface area contributed by atoms with Gasteiger partial charge in [0.1, 0.15) is 0 Å². The molecule has 32 heavy (non-hydrogen) atoms. The van der Waals surface area contributed by atoms with Crippen LogP contribution >= 0.6 is 0 Å². The Morgan fingerprint density at radius 2 is 1.91 bits per heavy atom. The Kier molecular flexibility index (Phi) is 5.25. The maximum Gasteiger partial charge on any atom is 0.211 e. The number of hydrogen-bond donors (Lipinski definition) is 3. The molecular weight excluding hydrogens is 420 g/mol. The largest absolute Gasteiger partial charge is 0.355 e. The van der Waals surface area contributed by atoms with E-state index in [1.807, 2.05) is 36.4 Å². The molecule has 164 valence electrons. The van der Waals surface area contributed by atoms with Gasteiger partial charge in [-0.15, -0.1) is 0 Å². The van der Waals surface area contributed by atoms with Crippen LogP contribution in [0.1, 0.15) is 16.7 Å². The third kappa shape index (κ3) is 3.90. The van der Waals surface area contributed by atoms with Gasteiger partial charge in [0.15, 0.2) is 0 Å². The molecule has 1 aliphatic heterocycles. The average molecular weight is 447 g/mol. The van der Waals surface area contributed by atoms with Gasteiger partial charge in [0.2, 0.25) is 10.0 Å². The van der Waals surface area contributed by atoms with Crippen molar-refractivity contribution in [3.8, 4) is 11.3 Å². The fourth-order valence-corrected chi connectivity index (χ4v) is 5.24. The average Bonchev–Trinajstić information content (AvgIpc) is 3.22.